The molecule has 14 heavy (non-hydrogen) atoms. The van der Waals surface area contributed by atoms with Gasteiger partial charge in [-0.05, 0) is 11.6 Å². The van der Waals surface area contributed by atoms with Crippen molar-refractivity contribution < 1.29 is 18.3 Å². The van der Waals surface area contributed by atoms with Crippen molar-refractivity contribution >= 4 is 0 Å². The molecule has 0 fully saturated rings. The molecule has 0 unspecified atom stereocenters. The molecule has 1 aromatic rings. The van der Waals surface area contributed by atoms with Crippen molar-refractivity contribution in [2.75, 3.05) is 0 Å². The van der Waals surface area contributed by atoms with E-state index in [-0.39, 0.29) is 17.8 Å². The average Bonchev–Trinajstić information content (AvgIpc) is 2.15. The van der Waals surface area contributed by atoms with E-state index < -0.39 is 24.5 Å². The molecule has 0 bridgehead atoms. The van der Waals surface area contributed by atoms with E-state index in [0.29, 0.717) is 0 Å². The summed E-state index contributed by atoms with van der Waals surface area (Å²) >= 11 is 0. The molecule has 0 saturated heterocycles. The minimum absolute atomic E-state index is 0.00708. The van der Waals surface area contributed by atoms with Crippen LogP contribution in [0.5, 0.6) is 0 Å². The summed E-state index contributed by atoms with van der Waals surface area (Å²) in [5, 5.41) is 8.65. The Morgan fingerprint density at radius 2 is 2.14 bits per heavy atom. The van der Waals surface area contributed by atoms with Crippen molar-refractivity contribution in [2.45, 2.75) is 19.6 Å². The van der Waals surface area contributed by atoms with E-state index in [1.165, 1.54) is 6.07 Å². The molecule has 3 nitrogen and oxygen atoms in total. The smallest absolute Gasteiger partial charge is 0.268 e. The first kappa shape index (κ1) is 10.9. The SMILES string of the molecule is NCc1cc(CO)nc(F)c1C(F)F. The third-order valence-electron chi connectivity index (χ3n) is 1.75. The number of halogens is 3. The lowest BCUT2D eigenvalue weighted by atomic mass is 10.1. The second-order valence-electron chi connectivity index (χ2n) is 2.64. The quantitative estimate of drug-likeness (QED) is 0.728. The Labute approximate surface area is 78.4 Å². The summed E-state index contributed by atoms with van der Waals surface area (Å²) in [6, 6.07) is 1.17. The third kappa shape index (κ3) is 2.02. The van der Waals surface area contributed by atoms with Crippen LogP contribution in [0.3, 0.4) is 0 Å². The van der Waals surface area contributed by atoms with Gasteiger partial charge in [0, 0.05) is 6.54 Å². The van der Waals surface area contributed by atoms with Crippen LogP contribution in [-0.4, -0.2) is 10.1 Å². The van der Waals surface area contributed by atoms with Crippen molar-refractivity contribution in [3.8, 4) is 0 Å². The fourth-order valence-electron chi connectivity index (χ4n) is 1.11. The van der Waals surface area contributed by atoms with E-state index in [1.54, 1.807) is 0 Å². The predicted octanol–water partition coefficient (Wildman–Crippen LogP) is 1.11. The lowest BCUT2D eigenvalue weighted by molar-refractivity contribution is 0.143. The summed E-state index contributed by atoms with van der Waals surface area (Å²) in [7, 11) is 0. The van der Waals surface area contributed by atoms with Gasteiger partial charge in [-0.1, -0.05) is 0 Å². The molecule has 1 aromatic heterocycles. The molecule has 0 aromatic carbocycles. The van der Waals surface area contributed by atoms with Gasteiger partial charge in [-0.3, -0.25) is 0 Å². The van der Waals surface area contributed by atoms with Crippen LogP contribution in [0.1, 0.15) is 23.2 Å². The van der Waals surface area contributed by atoms with Gasteiger partial charge in [-0.2, -0.15) is 4.39 Å². The van der Waals surface area contributed by atoms with Gasteiger partial charge in [-0.25, -0.2) is 13.8 Å². The van der Waals surface area contributed by atoms with E-state index >= 15 is 0 Å². The second kappa shape index (κ2) is 4.39. The molecule has 0 radical (unpaired) electrons. The maximum Gasteiger partial charge on any atom is 0.268 e. The van der Waals surface area contributed by atoms with Crippen molar-refractivity contribution in [3.05, 3.63) is 28.8 Å². The summed E-state index contributed by atoms with van der Waals surface area (Å²) in [6.07, 6.45) is -2.95. The lowest BCUT2D eigenvalue weighted by Crippen LogP contribution is -2.08. The van der Waals surface area contributed by atoms with Gasteiger partial charge >= 0.3 is 0 Å². The Balaban J connectivity index is 3.27. The fourth-order valence-corrected chi connectivity index (χ4v) is 1.11. The zero-order valence-electron chi connectivity index (χ0n) is 7.17. The highest BCUT2D eigenvalue weighted by molar-refractivity contribution is 5.28. The summed E-state index contributed by atoms with van der Waals surface area (Å²) < 4.78 is 37.6. The van der Waals surface area contributed by atoms with Gasteiger partial charge in [0.25, 0.3) is 6.43 Å². The zero-order chi connectivity index (χ0) is 10.7. The molecule has 0 aliphatic rings. The Bertz CT molecular complexity index is 331. The number of rotatable bonds is 3. The zero-order valence-corrected chi connectivity index (χ0v) is 7.17. The predicted molar refractivity (Wildman–Crippen MR) is 43.0 cm³/mol. The number of pyridine rings is 1. The van der Waals surface area contributed by atoms with Crippen LogP contribution in [0.4, 0.5) is 13.2 Å². The molecule has 0 saturated carbocycles. The Morgan fingerprint density at radius 1 is 1.50 bits per heavy atom. The van der Waals surface area contributed by atoms with Crippen LogP contribution in [0.15, 0.2) is 6.07 Å². The van der Waals surface area contributed by atoms with E-state index in [1.807, 2.05) is 0 Å². The van der Waals surface area contributed by atoms with Gasteiger partial charge in [-0.15, -0.1) is 0 Å². The second-order valence-corrected chi connectivity index (χ2v) is 2.64. The monoisotopic (exact) mass is 206 g/mol. The highest BCUT2D eigenvalue weighted by Crippen LogP contribution is 2.25. The third-order valence-corrected chi connectivity index (χ3v) is 1.75. The number of nitrogens with two attached hydrogens (primary N) is 1. The summed E-state index contributed by atoms with van der Waals surface area (Å²) in [6.45, 7) is -0.723. The van der Waals surface area contributed by atoms with Crippen LogP contribution in [0, 0.1) is 5.95 Å². The topological polar surface area (TPSA) is 59.1 Å². The van der Waals surface area contributed by atoms with Crippen LogP contribution >= 0.6 is 0 Å². The van der Waals surface area contributed by atoms with E-state index in [0.717, 1.165) is 0 Å². The standard InChI is InChI=1S/C8H9F3N2O/c9-7(10)6-4(2-12)1-5(3-14)13-8(6)11/h1,7,14H,2-3,12H2. The first-order chi connectivity index (χ1) is 6.60. The Kier molecular flexibility index (Phi) is 3.43. The highest BCUT2D eigenvalue weighted by atomic mass is 19.3. The normalized spacial score (nSPS) is 11.0. The number of hydrogen-bond donors (Lipinski definition) is 2. The first-order valence-corrected chi connectivity index (χ1v) is 3.87. The van der Waals surface area contributed by atoms with Crippen molar-refractivity contribution in [1.29, 1.82) is 0 Å². The number of alkyl halides is 2. The number of aliphatic hydroxyl groups is 1. The number of aromatic nitrogens is 1. The molecule has 1 heterocycles. The van der Waals surface area contributed by atoms with Crippen LogP contribution in [-0.2, 0) is 13.2 Å². The molecular weight excluding hydrogens is 197 g/mol. The maximum absolute atomic E-state index is 13.0. The molecule has 0 amide bonds. The van der Waals surface area contributed by atoms with Gasteiger partial charge in [0.15, 0.2) is 0 Å². The first-order valence-electron chi connectivity index (χ1n) is 3.87. The van der Waals surface area contributed by atoms with E-state index in [2.05, 4.69) is 4.98 Å². The Hall–Kier alpha value is -1.14. The molecular formula is C8H9F3N2O. The molecule has 0 spiro atoms. The number of hydrogen-bond acceptors (Lipinski definition) is 3. The minimum Gasteiger partial charge on any atom is -0.390 e. The molecule has 0 atom stereocenters. The summed E-state index contributed by atoms with van der Waals surface area (Å²) in [5.74, 6) is -1.27. The van der Waals surface area contributed by atoms with Gasteiger partial charge < -0.3 is 10.8 Å². The van der Waals surface area contributed by atoms with E-state index in [9.17, 15) is 13.2 Å². The van der Waals surface area contributed by atoms with Gasteiger partial charge in [0.05, 0.1) is 17.9 Å². The number of nitrogens with zero attached hydrogens (tertiary/aromatic N) is 1. The van der Waals surface area contributed by atoms with Crippen molar-refractivity contribution in [3.63, 3.8) is 0 Å². The Morgan fingerprint density at radius 3 is 2.57 bits per heavy atom. The largest absolute Gasteiger partial charge is 0.390 e. The van der Waals surface area contributed by atoms with Crippen molar-refractivity contribution in [1.82, 2.24) is 4.98 Å². The molecule has 6 heteroatoms. The number of aliphatic hydroxyl groups excluding tert-OH is 1. The van der Waals surface area contributed by atoms with Crippen LogP contribution in [0.25, 0.3) is 0 Å². The van der Waals surface area contributed by atoms with Crippen molar-refractivity contribution in [2.24, 2.45) is 5.73 Å². The minimum atomic E-state index is -2.95. The molecule has 0 aliphatic carbocycles. The molecule has 78 valence electrons. The van der Waals surface area contributed by atoms with Gasteiger partial charge in [0.2, 0.25) is 5.95 Å². The average molecular weight is 206 g/mol. The highest BCUT2D eigenvalue weighted by Gasteiger charge is 2.19. The van der Waals surface area contributed by atoms with Gasteiger partial charge in [0.1, 0.15) is 0 Å². The van der Waals surface area contributed by atoms with E-state index in [4.69, 9.17) is 10.8 Å². The molecule has 1 rings (SSSR count). The van der Waals surface area contributed by atoms with Crippen LogP contribution in [0.2, 0.25) is 0 Å². The molecule has 3 N–H and O–H groups in total. The molecule has 0 aliphatic heterocycles. The maximum atomic E-state index is 13.0. The lowest BCUT2D eigenvalue weighted by Gasteiger charge is -2.08. The summed E-state index contributed by atoms with van der Waals surface area (Å²) in [4.78, 5) is 3.17. The fraction of sp³-hybridized carbons (Fsp3) is 0.375. The summed E-state index contributed by atoms with van der Waals surface area (Å²) in [5.41, 5.74) is 4.35. The van der Waals surface area contributed by atoms with Crippen LogP contribution < -0.4 is 5.73 Å².